The molecular weight excluding hydrogens is 142 g/mol. The van der Waals surface area contributed by atoms with Crippen molar-refractivity contribution in [2.75, 3.05) is 7.05 Å². The van der Waals surface area contributed by atoms with Gasteiger partial charge in [-0.2, -0.15) is 0 Å². The first-order valence-corrected chi connectivity index (χ1v) is 3.82. The summed E-state index contributed by atoms with van der Waals surface area (Å²) in [5.41, 5.74) is 0. The molecule has 0 aromatic carbocycles. The number of unbranched alkanes of at least 4 members (excludes halogenated alkanes) is 1. The Kier molecular flexibility index (Phi) is 5.25. The normalized spacial score (nSPS) is 11.3. The quantitative estimate of drug-likeness (QED) is 0.478. The third-order valence-corrected chi connectivity index (χ3v) is 1.33. The molecule has 0 unspecified atom stereocenters. The van der Waals surface area contributed by atoms with Gasteiger partial charge in [0.1, 0.15) is 0 Å². The highest BCUT2D eigenvalue weighted by Gasteiger charge is 1.96. The van der Waals surface area contributed by atoms with Crippen LogP contribution in [0.25, 0.3) is 0 Å². The van der Waals surface area contributed by atoms with Crippen molar-refractivity contribution in [3.05, 3.63) is 11.8 Å². The lowest BCUT2D eigenvalue weighted by molar-refractivity contribution is -0.116. The van der Waals surface area contributed by atoms with Gasteiger partial charge in [0, 0.05) is 19.5 Å². The average molecular weight is 157 g/mol. The molecule has 0 bridgehead atoms. The van der Waals surface area contributed by atoms with Crippen molar-refractivity contribution in [1.29, 1.82) is 0 Å². The first kappa shape index (κ1) is 10.0. The number of carbonyl (C=O) groups excluding carboxylic acids is 1. The van der Waals surface area contributed by atoms with Crippen molar-refractivity contribution in [2.45, 2.75) is 26.2 Å². The maximum absolute atomic E-state index is 10.6. The summed E-state index contributed by atoms with van der Waals surface area (Å²) >= 11 is 0. The van der Waals surface area contributed by atoms with E-state index < -0.39 is 0 Å². The minimum Gasteiger partial charge on any atom is -0.512 e. The molecule has 0 saturated heterocycles. The Morgan fingerprint density at radius 2 is 2.27 bits per heavy atom. The van der Waals surface area contributed by atoms with Crippen molar-refractivity contribution in [3.63, 3.8) is 0 Å². The Balaban J connectivity index is 3.70. The van der Waals surface area contributed by atoms with Gasteiger partial charge in [-0.05, 0) is 6.42 Å². The summed E-state index contributed by atoms with van der Waals surface area (Å²) in [7, 11) is 1.53. The van der Waals surface area contributed by atoms with Crippen LogP contribution in [0.3, 0.4) is 0 Å². The van der Waals surface area contributed by atoms with Crippen LogP contribution in [0.15, 0.2) is 11.8 Å². The second-order valence-electron chi connectivity index (χ2n) is 2.35. The lowest BCUT2D eigenvalue weighted by Crippen LogP contribution is -2.15. The summed E-state index contributed by atoms with van der Waals surface area (Å²) < 4.78 is 0. The molecule has 11 heavy (non-hydrogen) atoms. The molecule has 64 valence electrons. The monoisotopic (exact) mass is 157 g/mol. The van der Waals surface area contributed by atoms with Gasteiger partial charge in [0.05, 0.1) is 5.76 Å². The van der Waals surface area contributed by atoms with Crippen molar-refractivity contribution < 1.29 is 9.90 Å². The highest BCUT2D eigenvalue weighted by atomic mass is 16.3. The van der Waals surface area contributed by atoms with E-state index >= 15 is 0 Å². The van der Waals surface area contributed by atoms with E-state index in [0.717, 1.165) is 12.8 Å². The molecule has 0 aliphatic rings. The molecule has 3 nitrogen and oxygen atoms in total. The van der Waals surface area contributed by atoms with Crippen LogP contribution in [0, 0.1) is 0 Å². The number of aliphatic hydroxyl groups is 1. The number of hydrogen-bond donors (Lipinski definition) is 2. The zero-order valence-electron chi connectivity index (χ0n) is 7.05. The number of rotatable bonds is 4. The second-order valence-corrected chi connectivity index (χ2v) is 2.35. The zero-order valence-corrected chi connectivity index (χ0v) is 7.05. The molecule has 0 spiro atoms. The minimum atomic E-state index is -0.251. The van der Waals surface area contributed by atoms with Crippen LogP contribution >= 0.6 is 0 Å². The van der Waals surface area contributed by atoms with Crippen molar-refractivity contribution in [1.82, 2.24) is 5.32 Å². The highest BCUT2D eigenvalue weighted by molar-refractivity contribution is 5.87. The molecule has 0 atom stereocenters. The van der Waals surface area contributed by atoms with Gasteiger partial charge >= 0.3 is 0 Å². The summed E-state index contributed by atoms with van der Waals surface area (Å²) in [6.07, 6.45) is 3.74. The highest BCUT2D eigenvalue weighted by Crippen LogP contribution is 2.02. The van der Waals surface area contributed by atoms with Crippen molar-refractivity contribution in [3.8, 4) is 0 Å². The number of likely N-dealkylation sites (N-methyl/N-ethyl adjacent to an activating group) is 1. The van der Waals surface area contributed by atoms with Crippen LogP contribution in [0.5, 0.6) is 0 Å². The molecule has 2 N–H and O–H groups in total. The lowest BCUT2D eigenvalue weighted by Gasteiger charge is -1.96. The molecular formula is C8H15NO2. The molecule has 0 aliphatic heterocycles. The van der Waals surface area contributed by atoms with Crippen LogP contribution in [-0.2, 0) is 4.79 Å². The Bertz CT molecular complexity index is 152. The molecule has 0 radical (unpaired) electrons. The number of allylic oxidation sites excluding steroid dienone is 1. The van der Waals surface area contributed by atoms with E-state index in [9.17, 15) is 4.79 Å². The fraction of sp³-hybridized carbons (Fsp3) is 0.625. The van der Waals surface area contributed by atoms with Crippen LogP contribution < -0.4 is 5.32 Å². The van der Waals surface area contributed by atoms with Crippen LogP contribution in [0.2, 0.25) is 0 Å². The molecule has 1 amide bonds. The molecule has 0 saturated carbocycles. The van der Waals surface area contributed by atoms with E-state index in [2.05, 4.69) is 5.32 Å². The molecule has 0 aromatic rings. The van der Waals surface area contributed by atoms with Crippen LogP contribution in [-0.4, -0.2) is 18.1 Å². The second kappa shape index (κ2) is 5.77. The van der Waals surface area contributed by atoms with Gasteiger partial charge in [-0.15, -0.1) is 0 Å². The van der Waals surface area contributed by atoms with Crippen LogP contribution in [0.1, 0.15) is 26.2 Å². The van der Waals surface area contributed by atoms with E-state index in [4.69, 9.17) is 5.11 Å². The number of carbonyl (C=O) groups is 1. The van der Waals surface area contributed by atoms with E-state index in [1.165, 1.54) is 13.1 Å². The van der Waals surface area contributed by atoms with Gasteiger partial charge in [0.25, 0.3) is 0 Å². The van der Waals surface area contributed by atoms with Gasteiger partial charge in [-0.1, -0.05) is 13.3 Å². The van der Waals surface area contributed by atoms with Crippen molar-refractivity contribution >= 4 is 5.91 Å². The van der Waals surface area contributed by atoms with E-state index in [-0.39, 0.29) is 11.7 Å². The number of aliphatic hydroxyl groups excluding tert-OH is 1. The third-order valence-electron chi connectivity index (χ3n) is 1.33. The molecule has 0 rings (SSSR count). The molecule has 0 aromatic heterocycles. The largest absolute Gasteiger partial charge is 0.512 e. The fourth-order valence-electron chi connectivity index (χ4n) is 0.654. The molecule has 3 heteroatoms. The Hall–Kier alpha value is -0.990. The maximum atomic E-state index is 10.6. The average Bonchev–Trinajstić information content (AvgIpc) is 2.00. The van der Waals surface area contributed by atoms with Gasteiger partial charge in [-0.3, -0.25) is 4.79 Å². The zero-order chi connectivity index (χ0) is 8.69. The number of hydrogen-bond acceptors (Lipinski definition) is 2. The smallest absolute Gasteiger partial charge is 0.247 e. The topological polar surface area (TPSA) is 49.3 Å². The predicted octanol–water partition coefficient (Wildman–Crippen LogP) is 1.36. The van der Waals surface area contributed by atoms with Gasteiger partial charge in [0.2, 0.25) is 5.91 Å². The van der Waals surface area contributed by atoms with E-state index in [0.29, 0.717) is 6.42 Å². The third kappa shape index (κ3) is 5.45. The summed E-state index contributed by atoms with van der Waals surface area (Å²) in [4.78, 5) is 10.6. The Morgan fingerprint density at radius 3 is 2.73 bits per heavy atom. The minimum absolute atomic E-state index is 0.159. The maximum Gasteiger partial charge on any atom is 0.247 e. The molecule has 0 fully saturated rings. The van der Waals surface area contributed by atoms with E-state index in [1.54, 1.807) is 0 Å². The first-order valence-electron chi connectivity index (χ1n) is 3.82. The SMILES string of the molecule is CCCCC(O)=CC(=O)NC. The summed E-state index contributed by atoms with van der Waals surface area (Å²) in [6, 6.07) is 0. The molecule has 0 aliphatic carbocycles. The lowest BCUT2D eigenvalue weighted by atomic mass is 10.2. The number of amides is 1. The van der Waals surface area contributed by atoms with Crippen molar-refractivity contribution in [2.24, 2.45) is 0 Å². The fourth-order valence-corrected chi connectivity index (χ4v) is 0.654. The Morgan fingerprint density at radius 1 is 1.64 bits per heavy atom. The predicted molar refractivity (Wildman–Crippen MR) is 44.3 cm³/mol. The summed E-state index contributed by atoms with van der Waals surface area (Å²) in [6.45, 7) is 2.03. The molecule has 0 heterocycles. The number of nitrogens with one attached hydrogen (secondary N) is 1. The van der Waals surface area contributed by atoms with E-state index in [1.807, 2.05) is 6.92 Å². The Labute approximate surface area is 67.1 Å². The van der Waals surface area contributed by atoms with Crippen LogP contribution in [0.4, 0.5) is 0 Å². The van der Waals surface area contributed by atoms with Gasteiger partial charge < -0.3 is 10.4 Å². The standard InChI is InChI=1S/C8H15NO2/c1-3-4-5-7(10)6-8(11)9-2/h6,10H,3-5H2,1-2H3,(H,9,11). The van der Waals surface area contributed by atoms with Gasteiger partial charge in [-0.25, -0.2) is 0 Å². The summed E-state index contributed by atoms with van der Waals surface area (Å²) in [5.74, 6) is -0.0928. The first-order chi connectivity index (χ1) is 5.20. The summed E-state index contributed by atoms with van der Waals surface area (Å²) in [5, 5.41) is 11.5. The van der Waals surface area contributed by atoms with Gasteiger partial charge in [0.15, 0.2) is 0 Å².